The Balaban J connectivity index is 3.79. The topological polar surface area (TPSA) is 40.5 Å². The summed E-state index contributed by atoms with van der Waals surface area (Å²) in [6.07, 6.45) is 4.22. The summed E-state index contributed by atoms with van der Waals surface area (Å²) in [4.78, 5) is 13.0. The van der Waals surface area contributed by atoms with Crippen molar-refractivity contribution in [2.75, 3.05) is 19.7 Å². The molecule has 0 fully saturated rings. The lowest BCUT2D eigenvalue weighted by atomic mass is 10.2. The molecule has 0 heterocycles. The molecule has 0 aromatic heterocycles. The monoisotopic (exact) mass is 187 g/mol. The van der Waals surface area contributed by atoms with Gasteiger partial charge in [-0.25, -0.2) is 0 Å². The van der Waals surface area contributed by atoms with Crippen molar-refractivity contribution in [2.24, 2.45) is 0 Å². The van der Waals surface area contributed by atoms with Gasteiger partial charge in [-0.05, 0) is 12.8 Å². The Bertz CT molecular complexity index is 129. The molecule has 1 amide bonds. The van der Waals surface area contributed by atoms with Crippen LogP contribution >= 0.6 is 0 Å². The normalized spacial score (nSPS) is 10.1. The van der Waals surface area contributed by atoms with Crippen molar-refractivity contribution in [3.63, 3.8) is 0 Å². The third-order valence-corrected chi connectivity index (χ3v) is 2.05. The number of amides is 1. The Labute approximate surface area is 80.7 Å². The van der Waals surface area contributed by atoms with Gasteiger partial charge in [-0.3, -0.25) is 4.79 Å². The van der Waals surface area contributed by atoms with E-state index < -0.39 is 0 Å². The molecule has 3 heteroatoms. The maximum atomic E-state index is 11.2. The number of rotatable bonds is 7. The van der Waals surface area contributed by atoms with E-state index in [9.17, 15) is 4.79 Å². The molecular formula is C10H21NO2. The summed E-state index contributed by atoms with van der Waals surface area (Å²) in [5, 5.41) is 8.71. The first-order chi connectivity index (χ1) is 6.26. The number of unbranched alkanes of at least 4 members (excludes halogenated alkanes) is 2. The summed E-state index contributed by atoms with van der Waals surface area (Å²) >= 11 is 0. The van der Waals surface area contributed by atoms with Gasteiger partial charge in [0, 0.05) is 13.1 Å². The molecule has 13 heavy (non-hydrogen) atoms. The molecule has 1 N–H and O–H groups in total. The molecule has 0 aromatic carbocycles. The lowest BCUT2D eigenvalue weighted by Crippen LogP contribution is -2.34. The molecule has 0 atom stereocenters. The van der Waals surface area contributed by atoms with Gasteiger partial charge >= 0.3 is 0 Å². The van der Waals surface area contributed by atoms with Crippen LogP contribution in [0.2, 0.25) is 0 Å². The van der Waals surface area contributed by atoms with Gasteiger partial charge in [-0.2, -0.15) is 0 Å². The van der Waals surface area contributed by atoms with Crippen LogP contribution in [0.1, 0.15) is 39.5 Å². The van der Waals surface area contributed by atoms with Gasteiger partial charge in [0.2, 0.25) is 5.91 Å². The average Bonchev–Trinajstić information content (AvgIpc) is 2.17. The van der Waals surface area contributed by atoms with Crippen molar-refractivity contribution in [3.05, 3.63) is 0 Å². The third kappa shape index (κ3) is 5.64. The Morgan fingerprint density at radius 3 is 1.92 bits per heavy atom. The number of aliphatic hydroxyl groups excluding tert-OH is 1. The van der Waals surface area contributed by atoms with Gasteiger partial charge in [0.15, 0.2) is 0 Å². The van der Waals surface area contributed by atoms with Gasteiger partial charge in [0.1, 0.15) is 6.61 Å². The van der Waals surface area contributed by atoms with Crippen LogP contribution in [0.15, 0.2) is 0 Å². The minimum Gasteiger partial charge on any atom is -0.387 e. The van der Waals surface area contributed by atoms with Gasteiger partial charge in [0.05, 0.1) is 0 Å². The van der Waals surface area contributed by atoms with Crippen molar-refractivity contribution in [2.45, 2.75) is 39.5 Å². The fourth-order valence-electron chi connectivity index (χ4n) is 1.16. The number of carbonyl (C=O) groups is 1. The van der Waals surface area contributed by atoms with Crippen molar-refractivity contribution in [1.82, 2.24) is 4.90 Å². The molecule has 0 aliphatic rings. The number of aliphatic hydroxyl groups is 1. The summed E-state index contributed by atoms with van der Waals surface area (Å²) in [6.45, 7) is 5.42. The standard InChI is InChI=1S/C10H21NO2/c1-3-5-7-11(8-6-4-2)10(13)9-12/h12H,3-9H2,1-2H3. The fourth-order valence-corrected chi connectivity index (χ4v) is 1.16. The second-order valence-electron chi connectivity index (χ2n) is 3.25. The number of nitrogens with zero attached hydrogens (tertiary/aromatic N) is 1. The molecule has 0 bridgehead atoms. The van der Waals surface area contributed by atoms with Crippen molar-refractivity contribution < 1.29 is 9.90 Å². The van der Waals surface area contributed by atoms with Gasteiger partial charge < -0.3 is 10.0 Å². The van der Waals surface area contributed by atoms with E-state index in [4.69, 9.17) is 5.11 Å². The lowest BCUT2D eigenvalue weighted by molar-refractivity contribution is -0.134. The zero-order valence-corrected chi connectivity index (χ0v) is 8.75. The SMILES string of the molecule is CCCCN(CCCC)C(=O)CO. The zero-order valence-electron chi connectivity index (χ0n) is 8.75. The zero-order chi connectivity index (χ0) is 10.1. The molecule has 0 unspecified atom stereocenters. The van der Waals surface area contributed by atoms with E-state index in [0.717, 1.165) is 38.8 Å². The fraction of sp³-hybridized carbons (Fsp3) is 0.900. The molecule has 0 saturated heterocycles. The summed E-state index contributed by atoms with van der Waals surface area (Å²) in [5.74, 6) is -0.137. The number of hydrogen-bond donors (Lipinski definition) is 1. The van der Waals surface area contributed by atoms with E-state index in [1.807, 2.05) is 0 Å². The minimum absolute atomic E-state index is 0.137. The van der Waals surface area contributed by atoms with E-state index >= 15 is 0 Å². The maximum Gasteiger partial charge on any atom is 0.248 e. The molecule has 0 aromatic rings. The molecular weight excluding hydrogens is 166 g/mol. The lowest BCUT2D eigenvalue weighted by Gasteiger charge is -2.21. The highest BCUT2D eigenvalue weighted by Gasteiger charge is 2.09. The Morgan fingerprint density at radius 1 is 1.15 bits per heavy atom. The van der Waals surface area contributed by atoms with Crippen LogP contribution in [0.4, 0.5) is 0 Å². The van der Waals surface area contributed by atoms with Crippen LogP contribution in [-0.4, -0.2) is 35.6 Å². The highest BCUT2D eigenvalue weighted by Crippen LogP contribution is 1.99. The number of hydrogen-bond acceptors (Lipinski definition) is 2. The Kier molecular flexibility index (Phi) is 7.69. The van der Waals surface area contributed by atoms with Gasteiger partial charge in [-0.15, -0.1) is 0 Å². The van der Waals surface area contributed by atoms with Crippen LogP contribution in [0.3, 0.4) is 0 Å². The maximum absolute atomic E-state index is 11.2. The van der Waals surface area contributed by atoms with Gasteiger partial charge in [0.25, 0.3) is 0 Å². The van der Waals surface area contributed by atoms with E-state index in [-0.39, 0.29) is 12.5 Å². The van der Waals surface area contributed by atoms with E-state index in [1.165, 1.54) is 0 Å². The largest absolute Gasteiger partial charge is 0.387 e. The second kappa shape index (κ2) is 8.05. The highest BCUT2D eigenvalue weighted by molar-refractivity contribution is 5.77. The third-order valence-electron chi connectivity index (χ3n) is 2.05. The van der Waals surface area contributed by atoms with Crippen LogP contribution in [0, 0.1) is 0 Å². The first-order valence-electron chi connectivity index (χ1n) is 5.14. The van der Waals surface area contributed by atoms with Crippen LogP contribution in [0.25, 0.3) is 0 Å². The van der Waals surface area contributed by atoms with Crippen molar-refractivity contribution in [1.29, 1.82) is 0 Å². The van der Waals surface area contributed by atoms with E-state index in [0.29, 0.717) is 0 Å². The molecule has 0 saturated carbocycles. The molecule has 0 aliphatic carbocycles. The molecule has 0 radical (unpaired) electrons. The molecule has 3 nitrogen and oxygen atoms in total. The first-order valence-corrected chi connectivity index (χ1v) is 5.14. The first kappa shape index (κ1) is 12.4. The molecule has 0 rings (SSSR count). The van der Waals surface area contributed by atoms with E-state index in [2.05, 4.69) is 13.8 Å². The summed E-state index contributed by atoms with van der Waals surface area (Å²) in [6, 6.07) is 0. The van der Waals surface area contributed by atoms with Crippen molar-refractivity contribution in [3.8, 4) is 0 Å². The second-order valence-corrected chi connectivity index (χ2v) is 3.25. The Hall–Kier alpha value is -0.570. The quantitative estimate of drug-likeness (QED) is 0.654. The van der Waals surface area contributed by atoms with Crippen molar-refractivity contribution >= 4 is 5.91 Å². The average molecular weight is 187 g/mol. The highest BCUT2D eigenvalue weighted by atomic mass is 16.3. The van der Waals surface area contributed by atoms with Crippen LogP contribution in [-0.2, 0) is 4.79 Å². The predicted octanol–water partition coefficient (Wildman–Crippen LogP) is 1.41. The molecule has 78 valence electrons. The van der Waals surface area contributed by atoms with Gasteiger partial charge in [-0.1, -0.05) is 26.7 Å². The Morgan fingerprint density at radius 2 is 1.62 bits per heavy atom. The summed E-state index contributed by atoms with van der Waals surface area (Å²) in [7, 11) is 0. The molecule has 0 spiro atoms. The summed E-state index contributed by atoms with van der Waals surface area (Å²) in [5.41, 5.74) is 0. The smallest absolute Gasteiger partial charge is 0.248 e. The van der Waals surface area contributed by atoms with Crippen LogP contribution in [0.5, 0.6) is 0 Å². The van der Waals surface area contributed by atoms with Crippen LogP contribution < -0.4 is 0 Å². The summed E-state index contributed by atoms with van der Waals surface area (Å²) < 4.78 is 0. The van der Waals surface area contributed by atoms with E-state index in [1.54, 1.807) is 4.90 Å². The number of carbonyl (C=O) groups excluding carboxylic acids is 1. The molecule has 0 aliphatic heterocycles. The predicted molar refractivity (Wildman–Crippen MR) is 53.5 cm³/mol. The minimum atomic E-state index is -0.354.